The topological polar surface area (TPSA) is 38.9 Å². The maximum absolute atomic E-state index is 6.17. The van der Waals surface area contributed by atoms with Gasteiger partial charge in [0.25, 0.3) is 0 Å². The molecule has 1 aromatic heterocycles. The maximum Gasteiger partial charge on any atom is 0.0574 e. The predicted molar refractivity (Wildman–Crippen MR) is 60.8 cm³/mol. The summed E-state index contributed by atoms with van der Waals surface area (Å²) in [4.78, 5) is 4.35. The van der Waals surface area contributed by atoms with Crippen LogP contribution in [0.2, 0.25) is 0 Å². The lowest BCUT2D eigenvalue weighted by Crippen LogP contribution is -2.20. The Hall–Kier alpha value is -0.410. The normalized spacial score (nSPS) is 19.9. The van der Waals surface area contributed by atoms with Gasteiger partial charge in [-0.1, -0.05) is 12.8 Å². The molecular weight excluding hydrogens is 240 g/mol. The van der Waals surface area contributed by atoms with Crippen molar-refractivity contribution >= 4 is 15.9 Å². The molecule has 2 rings (SSSR count). The van der Waals surface area contributed by atoms with E-state index in [4.69, 9.17) is 5.73 Å². The first-order valence-corrected chi connectivity index (χ1v) is 5.93. The lowest BCUT2D eigenvalue weighted by molar-refractivity contribution is 0.437. The number of pyridine rings is 1. The van der Waals surface area contributed by atoms with E-state index < -0.39 is 0 Å². The molecule has 14 heavy (non-hydrogen) atoms. The fourth-order valence-corrected chi connectivity index (χ4v) is 2.38. The van der Waals surface area contributed by atoms with Gasteiger partial charge >= 0.3 is 0 Å². The van der Waals surface area contributed by atoms with E-state index >= 15 is 0 Å². The molecule has 3 heteroatoms. The SMILES string of the molecule is NC(c1ccc(Br)cn1)C1CCCC1. The van der Waals surface area contributed by atoms with Crippen LogP contribution in [0.4, 0.5) is 0 Å². The quantitative estimate of drug-likeness (QED) is 0.882. The molecule has 1 fully saturated rings. The van der Waals surface area contributed by atoms with E-state index in [2.05, 4.69) is 20.9 Å². The minimum absolute atomic E-state index is 0.130. The molecule has 0 saturated heterocycles. The molecule has 1 aliphatic carbocycles. The van der Waals surface area contributed by atoms with E-state index in [0.717, 1.165) is 10.2 Å². The number of nitrogens with two attached hydrogens (primary N) is 1. The number of halogens is 1. The largest absolute Gasteiger partial charge is 0.322 e. The van der Waals surface area contributed by atoms with Gasteiger partial charge < -0.3 is 5.73 Å². The van der Waals surface area contributed by atoms with Gasteiger partial charge in [0, 0.05) is 16.7 Å². The minimum atomic E-state index is 0.130. The first-order chi connectivity index (χ1) is 6.77. The zero-order valence-corrected chi connectivity index (χ0v) is 9.70. The van der Waals surface area contributed by atoms with Gasteiger partial charge in [0.1, 0.15) is 0 Å². The van der Waals surface area contributed by atoms with Crippen LogP contribution in [0.15, 0.2) is 22.8 Å². The van der Waals surface area contributed by atoms with E-state index in [0.29, 0.717) is 5.92 Å². The van der Waals surface area contributed by atoms with E-state index in [9.17, 15) is 0 Å². The molecule has 1 heterocycles. The van der Waals surface area contributed by atoms with Crippen LogP contribution >= 0.6 is 15.9 Å². The Morgan fingerprint density at radius 3 is 2.64 bits per heavy atom. The van der Waals surface area contributed by atoms with Crippen molar-refractivity contribution in [2.24, 2.45) is 11.7 Å². The minimum Gasteiger partial charge on any atom is -0.322 e. The molecule has 0 amide bonds. The van der Waals surface area contributed by atoms with Crippen molar-refractivity contribution in [1.29, 1.82) is 0 Å². The van der Waals surface area contributed by atoms with E-state index in [1.165, 1.54) is 25.7 Å². The molecule has 2 nitrogen and oxygen atoms in total. The Kier molecular flexibility index (Phi) is 3.19. The molecule has 1 atom stereocenters. The summed E-state index contributed by atoms with van der Waals surface area (Å²) in [5, 5.41) is 0. The highest BCUT2D eigenvalue weighted by molar-refractivity contribution is 9.10. The summed E-state index contributed by atoms with van der Waals surface area (Å²) in [5.74, 6) is 0.642. The molecule has 0 radical (unpaired) electrons. The highest BCUT2D eigenvalue weighted by Gasteiger charge is 2.23. The van der Waals surface area contributed by atoms with Crippen molar-refractivity contribution in [3.8, 4) is 0 Å². The molecule has 1 saturated carbocycles. The van der Waals surface area contributed by atoms with Crippen LogP contribution in [-0.2, 0) is 0 Å². The fraction of sp³-hybridized carbons (Fsp3) is 0.545. The van der Waals surface area contributed by atoms with Crippen molar-refractivity contribution in [2.75, 3.05) is 0 Å². The molecule has 1 aliphatic rings. The van der Waals surface area contributed by atoms with Crippen LogP contribution in [0.1, 0.15) is 37.4 Å². The Labute approximate surface area is 93.0 Å². The van der Waals surface area contributed by atoms with Gasteiger partial charge in [-0.15, -0.1) is 0 Å². The number of hydrogen-bond donors (Lipinski definition) is 1. The third-order valence-electron chi connectivity index (χ3n) is 3.00. The zero-order valence-electron chi connectivity index (χ0n) is 8.12. The second-order valence-electron chi connectivity index (χ2n) is 3.97. The Morgan fingerprint density at radius 1 is 1.36 bits per heavy atom. The van der Waals surface area contributed by atoms with Crippen molar-refractivity contribution < 1.29 is 0 Å². The fourth-order valence-electron chi connectivity index (χ4n) is 2.14. The highest BCUT2D eigenvalue weighted by Crippen LogP contribution is 2.33. The van der Waals surface area contributed by atoms with Crippen LogP contribution in [0.25, 0.3) is 0 Å². The summed E-state index contributed by atoms with van der Waals surface area (Å²) in [6.45, 7) is 0. The second kappa shape index (κ2) is 4.41. The van der Waals surface area contributed by atoms with Gasteiger partial charge in [-0.3, -0.25) is 4.98 Å². The first-order valence-electron chi connectivity index (χ1n) is 5.14. The van der Waals surface area contributed by atoms with Crippen molar-refractivity contribution in [3.63, 3.8) is 0 Å². The Balaban J connectivity index is 2.09. The van der Waals surface area contributed by atoms with Crippen LogP contribution in [-0.4, -0.2) is 4.98 Å². The number of rotatable bonds is 2. The second-order valence-corrected chi connectivity index (χ2v) is 4.89. The molecule has 76 valence electrons. The Bertz CT molecular complexity index is 291. The highest BCUT2D eigenvalue weighted by atomic mass is 79.9. The predicted octanol–water partition coefficient (Wildman–Crippen LogP) is 3.03. The smallest absolute Gasteiger partial charge is 0.0574 e. The standard InChI is InChI=1S/C11H15BrN2/c12-9-5-6-10(14-7-9)11(13)8-3-1-2-4-8/h5-8,11H,1-4,13H2. The van der Waals surface area contributed by atoms with Gasteiger partial charge in [0.05, 0.1) is 5.69 Å². The molecule has 0 aromatic carbocycles. The van der Waals surface area contributed by atoms with Crippen LogP contribution in [0.5, 0.6) is 0 Å². The molecule has 0 spiro atoms. The lowest BCUT2D eigenvalue weighted by atomic mass is 9.96. The summed E-state index contributed by atoms with van der Waals surface area (Å²) in [6, 6.07) is 4.16. The zero-order chi connectivity index (χ0) is 9.97. The van der Waals surface area contributed by atoms with E-state index in [-0.39, 0.29) is 6.04 Å². The van der Waals surface area contributed by atoms with Gasteiger partial charge in [-0.2, -0.15) is 0 Å². The summed E-state index contributed by atoms with van der Waals surface area (Å²) in [5.41, 5.74) is 7.20. The molecule has 0 aliphatic heterocycles. The average Bonchev–Trinajstić information content (AvgIpc) is 2.71. The van der Waals surface area contributed by atoms with Gasteiger partial charge in [-0.25, -0.2) is 0 Å². The third-order valence-corrected chi connectivity index (χ3v) is 3.47. The summed E-state index contributed by atoms with van der Waals surface area (Å²) < 4.78 is 1.01. The molecule has 2 N–H and O–H groups in total. The molecule has 1 aromatic rings. The first kappa shape index (κ1) is 10.1. The van der Waals surface area contributed by atoms with Crippen molar-refractivity contribution in [2.45, 2.75) is 31.7 Å². The summed E-state index contributed by atoms with van der Waals surface area (Å²) in [7, 11) is 0. The van der Waals surface area contributed by atoms with E-state index in [1.807, 2.05) is 18.3 Å². The van der Waals surface area contributed by atoms with Crippen LogP contribution in [0, 0.1) is 5.92 Å². The van der Waals surface area contributed by atoms with Crippen LogP contribution in [0.3, 0.4) is 0 Å². The third kappa shape index (κ3) is 2.15. The average molecular weight is 255 g/mol. The maximum atomic E-state index is 6.17. The van der Waals surface area contributed by atoms with Crippen molar-refractivity contribution in [1.82, 2.24) is 4.98 Å². The number of hydrogen-bond acceptors (Lipinski definition) is 2. The van der Waals surface area contributed by atoms with Gasteiger partial charge in [-0.05, 0) is 46.8 Å². The summed E-state index contributed by atoms with van der Waals surface area (Å²) in [6.07, 6.45) is 7.01. The van der Waals surface area contributed by atoms with Gasteiger partial charge in [0.15, 0.2) is 0 Å². The molecule has 0 bridgehead atoms. The number of nitrogens with zero attached hydrogens (tertiary/aromatic N) is 1. The summed E-state index contributed by atoms with van der Waals surface area (Å²) >= 11 is 3.37. The van der Waals surface area contributed by atoms with Crippen molar-refractivity contribution in [3.05, 3.63) is 28.5 Å². The van der Waals surface area contributed by atoms with E-state index in [1.54, 1.807) is 0 Å². The van der Waals surface area contributed by atoms with Gasteiger partial charge in [0.2, 0.25) is 0 Å². The lowest BCUT2D eigenvalue weighted by Gasteiger charge is -2.17. The Morgan fingerprint density at radius 2 is 2.07 bits per heavy atom. The molecule has 1 unspecified atom stereocenters. The van der Waals surface area contributed by atoms with Crippen LogP contribution < -0.4 is 5.73 Å². The number of aromatic nitrogens is 1. The molecular formula is C11H15BrN2. The monoisotopic (exact) mass is 254 g/mol.